The van der Waals surface area contributed by atoms with E-state index in [1.54, 1.807) is 0 Å². The number of guanidine groups is 1. The van der Waals surface area contributed by atoms with Crippen LogP contribution in [0.25, 0.3) is 0 Å². The van der Waals surface area contributed by atoms with Gasteiger partial charge in [-0.15, -0.1) is 0 Å². The second kappa shape index (κ2) is 8.20. The maximum Gasteiger partial charge on any atom is 0.194 e. The molecule has 0 fully saturated rings. The first-order valence-electron chi connectivity index (χ1n) is 7.44. The van der Waals surface area contributed by atoms with E-state index in [2.05, 4.69) is 47.7 Å². The van der Waals surface area contributed by atoms with Gasteiger partial charge < -0.3 is 10.2 Å². The lowest BCUT2D eigenvalue weighted by atomic mass is 10.0. The monoisotopic (exact) mass is 291 g/mol. The number of hydrogen-bond donors (Lipinski definition) is 1. The Bertz CT molecular complexity index is 445. The van der Waals surface area contributed by atoms with Gasteiger partial charge in [-0.25, -0.2) is 0 Å². The summed E-state index contributed by atoms with van der Waals surface area (Å²) >= 11 is 1.89. The van der Waals surface area contributed by atoms with E-state index < -0.39 is 0 Å². The fraction of sp³-hybridized carbons (Fsp3) is 0.562. The van der Waals surface area contributed by atoms with Crippen LogP contribution in [0.4, 0.5) is 0 Å². The van der Waals surface area contributed by atoms with Crippen LogP contribution in [0.3, 0.4) is 0 Å². The van der Waals surface area contributed by atoms with E-state index in [-0.39, 0.29) is 0 Å². The number of nitrogens with one attached hydrogen (secondary N) is 1. The third-order valence-corrected chi connectivity index (χ3v) is 4.23. The van der Waals surface area contributed by atoms with Gasteiger partial charge in [0.05, 0.1) is 0 Å². The Balaban J connectivity index is 2.00. The smallest absolute Gasteiger partial charge is 0.194 e. The van der Waals surface area contributed by atoms with Crippen molar-refractivity contribution in [1.82, 2.24) is 10.2 Å². The van der Waals surface area contributed by atoms with Crippen molar-refractivity contribution in [1.29, 1.82) is 0 Å². The Hall–Kier alpha value is -1.16. The van der Waals surface area contributed by atoms with Crippen LogP contribution in [0.5, 0.6) is 0 Å². The summed E-state index contributed by atoms with van der Waals surface area (Å²) < 4.78 is 0. The highest BCUT2D eigenvalue weighted by atomic mass is 32.2. The minimum absolute atomic E-state index is 0.918. The lowest BCUT2D eigenvalue weighted by Gasteiger charge is -2.31. The fourth-order valence-electron chi connectivity index (χ4n) is 2.50. The van der Waals surface area contributed by atoms with Crippen molar-refractivity contribution in [2.24, 2.45) is 4.99 Å². The molecule has 1 aliphatic heterocycles. The van der Waals surface area contributed by atoms with Crippen molar-refractivity contribution in [3.8, 4) is 0 Å². The summed E-state index contributed by atoms with van der Waals surface area (Å²) in [7, 11) is 0. The molecule has 3 nitrogen and oxygen atoms in total. The van der Waals surface area contributed by atoms with E-state index in [9.17, 15) is 0 Å². The zero-order valence-corrected chi connectivity index (χ0v) is 13.4. The van der Waals surface area contributed by atoms with Crippen LogP contribution in [0, 0.1) is 0 Å². The molecule has 0 unspecified atom stereocenters. The van der Waals surface area contributed by atoms with Crippen LogP contribution < -0.4 is 5.32 Å². The standard InChI is InChI=1S/C16H25N3S/c1-3-17-16(18-10-6-12-20-2)19-11-9-14-7-4-5-8-15(14)13-19/h4-5,7-8H,3,6,9-13H2,1-2H3,(H,17,18). The zero-order chi connectivity index (χ0) is 14.2. The van der Waals surface area contributed by atoms with E-state index in [4.69, 9.17) is 4.99 Å². The molecule has 0 bridgehead atoms. The highest BCUT2D eigenvalue weighted by Crippen LogP contribution is 2.18. The van der Waals surface area contributed by atoms with Gasteiger partial charge >= 0.3 is 0 Å². The van der Waals surface area contributed by atoms with Gasteiger partial charge in [-0.05, 0) is 42.9 Å². The largest absolute Gasteiger partial charge is 0.357 e. The second-order valence-corrected chi connectivity index (χ2v) is 6.01. The quantitative estimate of drug-likeness (QED) is 0.513. The van der Waals surface area contributed by atoms with Crippen LogP contribution >= 0.6 is 11.8 Å². The molecule has 20 heavy (non-hydrogen) atoms. The highest BCUT2D eigenvalue weighted by molar-refractivity contribution is 7.98. The van der Waals surface area contributed by atoms with Crippen molar-refractivity contribution >= 4 is 17.7 Å². The van der Waals surface area contributed by atoms with Gasteiger partial charge in [0.2, 0.25) is 0 Å². The molecule has 0 saturated heterocycles. The first-order valence-corrected chi connectivity index (χ1v) is 8.83. The Labute approximate surface area is 126 Å². The van der Waals surface area contributed by atoms with Crippen LogP contribution in [0.15, 0.2) is 29.3 Å². The molecule has 1 aromatic rings. The summed E-state index contributed by atoms with van der Waals surface area (Å²) in [6, 6.07) is 8.75. The molecule has 1 heterocycles. The molecule has 110 valence electrons. The van der Waals surface area contributed by atoms with E-state index in [0.717, 1.165) is 45.0 Å². The molecule has 0 amide bonds. The van der Waals surface area contributed by atoms with Gasteiger partial charge in [0.25, 0.3) is 0 Å². The molecule has 4 heteroatoms. The van der Waals surface area contributed by atoms with Crippen LogP contribution in [-0.2, 0) is 13.0 Å². The van der Waals surface area contributed by atoms with Crippen molar-refractivity contribution < 1.29 is 0 Å². The normalized spacial score (nSPS) is 15.1. The van der Waals surface area contributed by atoms with Crippen LogP contribution in [-0.4, -0.2) is 42.5 Å². The molecule has 0 aliphatic carbocycles. The average molecular weight is 291 g/mol. The molecule has 0 atom stereocenters. The molecule has 1 aromatic carbocycles. The summed E-state index contributed by atoms with van der Waals surface area (Å²) in [5.74, 6) is 2.26. The summed E-state index contributed by atoms with van der Waals surface area (Å²) in [6.45, 7) is 6.02. The van der Waals surface area contributed by atoms with Gasteiger partial charge in [0.15, 0.2) is 5.96 Å². The molecule has 0 spiro atoms. The van der Waals surface area contributed by atoms with Gasteiger partial charge in [0, 0.05) is 26.2 Å². The lowest BCUT2D eigenvalue weighted by Crippen LogP contribution is -2.44. The number of hydrogen-bond acceptors (Lipinski definition) is 2. The molecular formula is C16H25N3S. The fourth-order valence-corrected chi connectivity index (χ4v) is 2.91. The molecule has 0 aromatic heterocycles. The van der Waals surface area contributed by atoms with Gasteiger partial charge in [-0.2, -0.15) is 11.8 Å². The Morgan fingerprint density at radius 1 is 1.35 bits per heavy atom. The van der Waals surface area contributed by atoms with E-state index >= 15 is 0 Å². The van der Waals surface area contributed by atoms with Crippen molar-refractivity contribution in [3.05, 3.63) is 35.4 Å². The predicted molar refractivity (Wildman–Crippen MR) is 89.5 cm³/mol. The maximum absolute atomic E-state index is 4.77. The lowest BCUT2D eigenvalue weighted by molar-refractivity contribution is 0.379. The van der Waals surface area contributed by atoms with E-state index in [1.807, 2.05) is 11.8 Å². The van der Waals surface area contributed by atoms with Crippen LogP contribution in [0.1, 0.15) is 24.5 Å². The predicted octanol–water partition coefficient (Wildman–Crippen LogP) is 2.76. The maximum atomic E-state index is 4.77. The number of rotatable bonds is 5. The topological polar surface area (TPSA) is 27.6 Å². The van der Waals surface area contributed by atoms with E-state index in [1.165, 1.54) is 16.9 Å². The molecular weight excluding hydrogens is 266 g/mol. The number of thioether (sulfide) groups is 1. The first-order chi connectivity index (χ1) is 9.85. The molecule has 2 rings (SSSR count). The summed E-state index contributed by atoms with van der Waals surface area (Å²) in [5, 5.41) is 3.43. The number of nitrogens with zero attached hydrogens (tertiary/aromatic N) is 2. The number of benzene rings is 1. The minimum Gasteiger partial charge on any atom is -0.357 e. The minimum atomic E-state index is 0.918. The highest BCUT2D eigenvalue weighted by Gasteiger charge is 2.18. The van der Waals surface area contributed by atoms with Crippen molar-refractivity contribution in [2.75, 3.05) is 31.6 Å². The van der Waals surface area contributed by atoms with Gasteiger partial charge in [0.1, 0.15) is 0 Å². The Morgan fingerprint density at radius 2 is 2.15 bits per heavy atom. The third-order valence-electron chi connectivity index (χ3n) is 3.53. The summed E-state index contributed by atoms with van der Waals surface area (Å²) in [5.41, 5.74) is 2.93. The van der Waals surface area contributed by atoms with Crippen LogP contribution in [0.2, 0.25) is 0 Å². The molecule has 0 saturated carbocycles. The van der Waals surface area contributed by atoms with E-state index in [0.29, 0.717) is 0 Å². The zero-order valence-electron chi connectivity index (χ0n) is 12.6. The number of aliphatic imine (C=N–C) groups is 1. The third kappa shape index (κ3) is 4.17. The SMILES string of the molecule is CCNC(=NCCCSC)N1CCc2ccccc2C1. The summed E-state index contributed by atoms with van der Waals surface area (Å²) in [6.07, 6.45) is 4.42. The van der Waals surface area contributed by atoms with Gasteiger partial charge in [-0.3, -0.25) is 4.99 Å². The first kappa shape index (κ1) is 15.2. The van der Waals surface area contributed by atoms with Crippen molar-refractivity contribution in [2.45, 2.75) is 26.3 Å². The number of fused-ring (bicyclic) bond motifs is 1. The summed E-state index contributed by atoms with van der Waals surface area (Å²) in [4.78, 5) is 7.15. The molecule has 1 aliphatic rings. The van der Waals surface area contributed by atoms with Gasteiger partial charge in [-0.1, -0.05) is 24.3 Å². The second-order valence-electron chi connectivity index (χ2n) is 5.02. The Morgan fingerprint density at radius 3 is 2.90 bits per heavy atom. The molecule has 0 radical (unpaired) electrons. The molecule has 1 N–H and O–H groups in total. The Kier molecular flexibility index (Phi) is 6.25. The van der Waals surface area contributed by atoms with Crippen molar-refractivity contribution in [3.63, 3.8) is 0 Å². The average Bonchev–Trinajstić information content (AvgIpc) is 2.50.